The first-order valence-electron chi connectivity index (χ1n) is 11.1. The number of fused-ring (bicyclic) bond motifs is 1. The van der Waals surface area contributed by atoms with E-state index in [4.69, 9.17) is 4.74 Å². The molecule has 1 fully saturated rings. The zero-order valence-electron chi connectivity index (χ0n) is 18.8. The van der Waals surface area contributed by atoms with Gasteiger partial charge < -0.3 is 9.64 Å². The maximum absolute atomic E-state index is 14.4. The number of ether oxygens (including phenoxy) is 1. The Morgan fingerprint density at radius 1 is 0.914 bits per heavy atom. The van der Waals surface area contributed by atoms with Crippen molar-refractivity contribution in [3.05, 3.63) is 72.1 Å². The predicted octanol–water partition coefficient (Wildman–Crippen LogP) is 5.62. The van der Waals surface area contributed by atoms with E-state index >= 15 is 0 Å². The van der Waals surface area contributed by atoms with Crippen LogP contribution in [-0.2, 0) is 6.18 Å². The van der Waals surface area contributed by atoms with Crippen LogP contribution >= 0.6 is 0 Å². The molecule has 0 spiro atoms. The zero-order valence-corrected chi connectivity index (χ0v) is 18.8. The molecule has 2 aromatic carbocycles. The van der Waals surface area contributed by atoms with Crippen molar-refractivity contribution in [2.45, 2.75) is 19.0 Å². The molecule has 0 atom stereocenters. The van der Waals surface area contributed by atoms with Gasteiger partial charge in [0.05, 0.1) is 29.4 Å². The van der Waals surface area contributed by atoms with Crippen molar-refractivity contribution < 1.29 is 22.7 Å². The maximum atomic E-state index is 14.4. The van der Waals surface area contributed by atoms with Crippen molar-refractivity contribution in [1.82, 2.24) is 19.9 Å². The summed E-state index contributed by atoms with van der Waals surface area (Å²) in [6.07, 6.45) is -2.98. The summed E-state index contributed by atoms with van der Waals surface area (Å²) in [7, 11) is 1.50. The predicted molar refractivity (Wildman–Crippen MR) is 125 cm³/mol. The monoisotopic (exact) mass is 478 g/mol. The molecule has 6 nitrogen and oxygen atoms in total. The van der Waals surface area contributed by atoms with E-state index < -0.39 is 17.6 Å². The third kappa shape index (κ3) is 4.41. The number of halogens is 3. The number of amides is 1. The highest BCUT2D eigenvalue weighted by atomic mass is 19.4. The Morgan fingerprint density at radius 3 is 2.23 bits per heavy atom. The van der Waals surface area contributed by atoms with Crippen LogP contribution in [0.2, 0.25) is 0 Å². The quantitative estimate of drug-likeness (QED) is 0.381. The van der Waals surface area contributed by atoms with Crippen molar-refractivity contribution in [3.8, 4) is 28.3 Å². The molecule has 0 bridgehead atoms. The van der Waals surface area contributed by atoms with Crippen LogP contribution in [0.4, 0.5) is 13.2 Å². The van der Waals surface area contributed by atoms with Crippen molar-refractivity contribution >= 4 is 16.9 Å². The van der Waals surface area contributed by atoms with Crippen LogP contribution in [0.15, 0.2) is 60.7 Å². The molecule has 4 aromatic rings. The Kier molecular flexibility index (Phi) is 5.84. The lowest BCUT2D eigenvalue weighted by atomic mass is 10.0. The first-order chi connectivity index (χ1) is 16.8. The number of pyridine rings is 1. The Morgan fingerprint density at radius 2 is 1.60 bits per heavy atom. The second-order valence-corrected chi connectivity index (χ2v) is 8.24. The molecule has 1 aliphatic heterocycles. The maximum Gasteiger partial charge on any atom is 0.417 e. The molecule has 9 heteroatoms. The molecule has 1 saturated heterocycles. The summed E-state index contributed by atoms with van der Waals surface area (Å²) >= 11 is 0. The molecule has 0 unspecified atom stereocenters. The molecular formula is C26H21F3N4O2. The molecule has 0 saturated carbocycles. The first-order valence-corrected chi connectivity index (χ1v) is 11.1. The SMILES string of the molecule is COc1ccc(-c2nc(C(=O)N3CCCC3)nc3nc(-c4ccccc4)cc(C(F)(F)F)c23)cc1. The van der Waals surface area contributed by atoms with Gasteiger partial charge in [-0.1, -0.05) is 30.3 Å². The number of benzene rings is 2. The molecule has 0 aliphatic carbocycles. The third-order valence-electron chi connectivity index (χ3n) is 5.99. The number of likely N-dealkylation sites (tertiary alicyclic amines) is 1. The van der Waals surface area contributed by atoms with Crippen LogP contribution in [-0.4, -0.2) is 46.0 Å². The fourth-order valence-corrected chi connectivity index (χ4v) is 4.23. The molecule has 0 N–H and O–H groups in total. The summed E-state index contributed by atoms with van der Waals surface area (Å²) in [5, 5.41) is -0.250. The minimum absolute atomic E-state index is 0.000336. The minimum Gasteiger partial charge on any atom is -0.497 e. The number of aromatic nitrogens is 3. The number of carbonyl (C=O) groups is 1. The smallest absolute Gasteiger partial charge is 0.417 e. The van der Waals surface area contributed by atoms with Gasteiger partial charge in [0, 0.05) is 24.2 Å². The summed E-state index contributed by atoms with van der Waals surface area (Å²) < 4.78 is 48.2. The van der Waals surface area contributed by atoms with E-state index in [0.717, 1.165) is 18.9 Å². The lowest BCUT2D eigenvalue weighted by molar-refractivity contribution is -0.136. The van der Waals surface area contributed by atoms with Gasteiger partial charge in [-0.05, 0) is 43.2 Å². The van der Waals surface area contributed by atoms with Gasteiger partial charge in [0.2, 0.25) is 5.82 Å². The van der Waals surface area contributed by atoms with Gasteiger partial charge >= 0.3 is 6.18 Å². The fourth-order valence-electron chi connectivity index (χ4n) is 4.23. The molecule has 2 aromatic heterocycles. The normalized spacial score (nSPS) is 13.9. The van der Waals surface area contributed by atoms with Crippen LogP contribution in [0, 0.1) is 0 Å². The van der Waals surface area contributed by atoms with E-state index in [2.05, 4.69) is 15.0 Å². The Balaban J connectivity index is 1.81. The zero-order chi connectivity index (χ0) is 24.6. The van der Waals surface area contributed by atoms with Crippen LogP contribution in [0.1, 0.15) is 29.0 Å². The number of hydrogen-bond acceptors (Lipinski definition) is 5. The Labute approximate surface area is 199 Å². The first kappa shape index (κ1) is 22.8. The van der Waals surface area contributed by atoms with E-state index in [1.807, 2.05) is 0 Å². The van der Waals surface area contributed by atoms with Crippen molar-refractivity contribution in [3.63, 3.8) is 0 Å². The molecule has 0 radical (unpaired) electrons. The molecule has 3 heterocycles. The van der Waals surface area contributed by atoms with Gasteiger partial charge in [-0.25, -0.2) is 15.0 Å². The van der Waals surface area contributed by atoms with Gasteiger partial charge in [-0.3, -0.25) is 4.79 Å². The number of methoxy groups -OCH3 is 1. The van der Waals surface area contributed by atoms with Crippen molar-refractivity contribution in [2.24, 2.45) is 0 Å². The molecular weight excluding hydrogens is 457 g/mol. The van der Waals surface area contributed by atoms with Crippen LogP contribution < -0.4 is 4.74 Å². The molecule has 178 valence electrons. The molecule has 35 heavy (non-hydrogen) atoms. The lowest BCUT2D eigenvalue weighted by Crippen LogP contribution is -2.29. The van der Waals surface area contributed by atoms with Crippen LogP contribution in [0.3, 0.4) is 0 Å². The molecule has 5 rings (SSSR count). The summed E-state index contributed by atoms with van der Waals surface area (Å²) in [5.74, 6) is -0.0447. The second kappa shape index (κ2) is 8.98. The van der Waals surface area contributed by atoms with Crippen molar-refractivity contribution in [2.75, 3.05) is 20.2 Å². The highest BCUT2D eigenvalue weighted by molar-refractivity contribution is 5.99. The van der Waals surface area contributed by atoms with Gasteiger partial charge in [0.15, 0.2) is 5.65 Å². The van der Waals surface area contributed by atoms with E-state index in [-0.39, 0.29) is 28.2 Å². The van der Waals surface area contributed by atoms with Crippen LogP contribution in [0.25, 0.3) is 33.5 Å². The molecule has 1 amide bonds. The van der Waals surface area contributed by atoms with Gasteiger partial charge in [0.25, 0.3) is 5.91 Å². The standard InChI is InChI=1S/C26H21F3N4O2/c1-35-18-11-9-17(10-12-18)22-21-19(26(27,28)29)15-20(16-7-3-2-4-8-16)30-23(21)32-24(31-22)25(34)33-13-5-6-14-33/h2-4,7-12,15H,5-6,13-14H2,1H3. The average Bonchev–Trinajstić information content (AvgIpc) is 3.42. The van der Waals surface area contributed by atoms with Gasteiger partial charge in [-0.2, -0.15) is 13.2 Å². The highest BCUT2D eigenvalue weighted by Gasteiger charge is 2.36. The summed E-state index contributed by atoms with van der Waals surface area (Å²) in [6, 6.07) is 16.0. The lowest BCUT2D eigenvalue weighted by Gasteiger charge is -2.18. The van der Waals surface area contributed by atoms with E-state index in [9.17, 15) is 18.0 Å². The summed E-state index contributed by atoms with van der Waals surface area (Å²) in [5.41, 5.74) is -0.0660. The Hall–Kier alpha value is -4.01. The molecule has 1 aliphatic rings. The number of hydrogen-bond donors (Lipinski definition) is 0. The van der Waals surface area contributed by atoms with E-state index in [0.29, 0.717) is 30.0 Å². The third-order valence-corrected chi connectivity index (χ3v) is 5.99. The number of alkyl halides is 3. The number of rotatable bonds is 4. The van der Waals surface area contributed by atoms with E-state index in [1.54, 1.807) is 59.5 Å². The largest absolute Gasteiger partial charge is 0.497 e. The topological polar surface area (TPSA) is 68.2 Å². The second-order valence-electron chi connectivity index (χ2n) is 8.24. The summed E-state index contributed by atoms with van der Waals surface area (Å²) in [4.78, 5) is 27.8. The summed E-state index contributed by atoms with van der Waals surface area (Å²) in [6.45, 7) is 1.12. The van der Waals surface area contributed by atoms with Gasteiger partial charge in [-0.15, -0.1) is 0 Å². The van der Waals surface area contributed by atoms with Gasteiger partial charge in [0.1, 0.15) is 5.75 Å². The Bertz CT molecular complexity index is 1380. The average molecular weight is 478 g/mol. The number of nitrogens with zero attached hydrogens (tertiary/aromatic N) is 4. The van der Waals surface area contributed by atoms with E-state index in [1.165, 1.54) is 7.11 Å². The van der Waals surface area contributed by atoms with Crippen LogP contribution in [0.5, 0.6) is 5.75 Å². The minimum atomic E-state index is -4.70. The highest BCUT2D eigenvalue weighted by Crippen LogP contribution is 2.40. The fraction of sp³-hybridized carbons (Fsp3) is 0.231. The number of carbonyl (C=O) groups excluding carboxylic acids is 1. The van der Waals surface area contributed by atoms with Crippen molar-refractivity contribution in [1.29, 1.82) is 0 Å².